The van der Waals surface area contributed by atoms with E-state index in [-0.39, 0.29) is 18.2 Å². The highest BCUT2D eigenvalue weighted by molar-refractivity contribution is 7.92. The number of halogens is 2. The van der Waals surface area contributed by atoms with Gasteiger partial charge in [-0.3, -0.25) is 9.10 Å². The zero-order chi connectivity index (χ0) is 18.7. The van der Waals surface area contributed by atoms with Gasteiger partial charge in [0.05, 0.1) is 16.5 Å². The Morgan fingerprint density at radius 2 is 1.85 bits per heavy atom. The van der Waals surface area contributed by atoms with Gasteiger partial charge in [-0.2, -0.15) is 0 Å². The van der Waals surface area contributed by atoms with Crippen molar-refractivity contribution < 1.29 is 13.2 Å². The van der Waals surface area contributed by atoms with E-state index in [1.807, 2.05) is 18.2 Å². The van der Waals surface area contributed by atoms with Crippen molar-refractivity contribution in [1.82, 2.24) is 5.32 Å². The van der Waals surface area contributed by atoms with Crippen molar-refractivity contribution in [2.45, 2.75) is 19.4 Å². The summed E-state index contributed by atoms with van der Waals surface area (Å²) in [7, 11) is -3.40. The summed E-state index contributed by atoms with van der Waals surface area (Å²) in [6.45, 7) is 0.644. The summed E-state index contributed by atoms with van der Waals surface area (Å²) in [6, 6.07) is 11.9. The zero-order valence-electron chi connectivity index (χ0n) is 13.9. The summed E-state index contributed by atoms with van der Waals surface area (Å²) in [5, 5.41) is 3.67. The first-order valence-electron chi connectivity index (χ1n) is 8.20. The Hall–Kier alpha value is -1.76. The van der Waals surface area contributed by atoms with Crippen molar-refractivity contribution in [2.24, 2.45) is 0 Å². The van der Waals surface area contributed by atoms with Crippen LogP contribution in [0.3, 0.4) is 0 Å². The molecule has 0 bridgehead atoms. The van der Waals surface area contributed by atoms with Crippen LogP contribution in [0.2, 0.25) is 10.0 Å². The number of nitrogens with one attached hydrogen (secondary N) is 1. The smallest absolute Gasteiger partial charge is 0.251 e. The molecule has 0 aliphatic carbocycles. The van der Waals surface area contributed by atoms with Crippen molar-refractivity contribution in [3.8, 4) is 0 Å². The fourth-order valence-electron chi connectivity index (χ4n) is 2.82. The minimum Gasteiger partial charge on any atom is -0.348 e. The Labute approximate surface area is 163 Å². The highest BCUT2D eigenvalue weighted by atomic mass is 35.5. The predicted octanol–water partition coefficient (Wildman–Crippen LogP) is 3.85. The minimum absolute atomic E-state index is 0.0895. The van der Waals surface area contributed by atoms with Gasteiger partial charge in [0.1, 0.15) is 0 Å². The summed E-state index contributed by atoms with van der Waals surface area (Å²) < 4.78 is 25.9. The highest BCUT2D eigenvalue weighted by Crippen LogP contribution is 2.31. The number of benzene rings is 2. The maximum Gasteiger partial charge on any atom is 0.251 e. The average Bonchev–Trinajstić information content (AvgIpc) is 2.61. The Kier molecular flexibility index (Phi) is 5.75. The first-order valence-corrected chi connectivity index (χ1v) is 10.6. The van der Waals surface area contributed by atoms with Crippen LogP contribution in [0.1, 0.15) is 28.8 Å². The maximum atomic E-state index is 12.5. The molecule has 1 aliphatic heterocycles. The third kappa shape index (κ3) is 4.14. The van der Waals surface area contributed by atoms with Gasteiger partial charge in [-0.25, -0.2) is 8.42 Å². The van der Waals surface area contributed by atoms with Gasteiger partial charge in [0.2, 0.25) is 10.0 Å². The molecule has 0 atom stereocenters. The van der Waals surface area contributed by atoms with Gasteiger partial charge in [-0.1, -0.05) is 41.4 Å². The third-order valence-electron chi connectivity index (χ3n) is 4.22. The second-order valence-electron chi connectivity index (χ2n) is 6.04. The molecule has 8 heteroatoms. The normalized spacial score (nSPS) is 16.3. The Balaban J connectivity index is 1.80. The summed E-state index contributed by atoms with van der Waals surface area (Å²) in [6.07, 6.45) is 1.40. The van der Waals surface area contributed by atoms with Crippen LogP contribution < -0.4 is 9.62 Å². The number of rotatable bonds is 4. The molecule has 1 saturated heterocycles. The van der Waals surface area contributed by atoms with Gasteiger partial charge in [-0.15, -0.1) is 0 Å². The van der Waals surface area contributed by atoms with E-state index in [4.69, 9.17) is 23.2 Å². The van der Waals surface area contributed by atoms with Crippen molar-refractivity contribution in [2.75, 3.05) is 16.6 Å². The van der Waals surface area contributed by atoms with E-state index in [1.165, 1.54) is 10.4 Å². The summed E-state index contributed by atoms with van der Waals surface area (Å²) in [5.41, 5.74) is 1.49. The molecule has 1 aliphatic rings. The van der Waals surface area contributed by atoms with Crippen LogP contribution in [-0.2, 0) is 16.6 Å². The van der Waals surface area contributed by atoms with Crippen LogP contribution in [-0.4, -0.2) is 26.6 Å². The molecule has 0 saturated carbocycles. The lowest BCUT2D eigenvalue weighted by Gasteiger charge is -2.29. The quantitative estimate of drug-likeness (QED) is 0.828. The van der Waals surface area contributed by atoms with Gasteiger partial charge < -0.3 is 5.32 Å². The van der Waals surface area contributed by atoms with Gasteiger partial charge in [0.25, 0.3) is 5.91 Å². The molecule has 1 N–H and O–H groups in total. The highest BCUT2D eigenvalue weighted by Gasteiger charge is 2.28. The molecule has 1 fully saturated rings. The zero-order valence-corrected chi connectivity index (χ0v) is 16.2. The molecule has 0 spiro atoms. The van der Waals surface area contributed by atoms with Gasteiger partial charge in [-0.05, 0) is 42.7 Å². The minimum atomic E-state index is -3.40. The lowest BCUT2D eigenvalue weighted by Crippen LogP contribution is -2.38. The van der Waals surface area contributed by atoms with E-state index in [0.29, 0.717) is 34.3 Å². The first kappa shape index (κ1) is 19.0. The molecule has 2 aromatic carbocycles. The second kappa shape index (κ2) is 7.86. The van der Waals surface area contributed by atoms with Crippen molar-refractivity contribution >= 4 is 44.8 Å². The molecule has 0 aromatic heterocycles. The molecule has 3 rings (SSSR count). The molecule has 1 heterocycles. The van der Waals surface area contributed by atoms with E-state index in [0.717, 1.165) is 12.0 Å². The van der Waals surface area contributed by atoms with E-state index >= 15 is 0 Å². The Morgan fingerprint density at radius 1 is 1.08 bits per heavy atom. The van der Waals surface area contributed by atoms with Crippen molar-refractivity contribution in [3.05, 3.63) is 63.6 Å². The number of carbonyl (C=O) groups excluding carboxylic acids is 1. The molecule has 2 aromatic rings. The largest absolute Gasteiger partial charge is 0.348 e. The fourth-order valence-corrected chi connectivity index (χ4v) is 4.94. The van der Waals surface area contributed by atoms with Crippen LogP contribution in [0, 0.1) is 0 Å². The lowest BCUT2D eigenvalue weighted by molar-refractivity contribution is 0.0951. The van der Waals surface area contributed by atoms with E-state index < -0.39 is 10.0 Å². The Morgan fingerprint density at radius 3 is 2.58 bits per heavy atom. The SMILES string of the molecule is O=C(NCc1ccccc1Cl)c1ccc(Cl)c(N2CCCCS2(=O)=O)c1. The van der Waals surface area contributed by atoms with E-state index in [9.17, 15) is 13.2 Å². The molecule has 0 unspecified atom stereocenters. The van der Waals surface area contributed by atoms with Crippen LogP contribution >= 0.6 is 23.2 Å². The second-order valence-corrected chi connectivity index (χ2v) is 8.86. The number of hydrogen-bond donors (Lipinski definition) is 1. The van der Waals surface area contributed by atoms with E-state index in [2.05, 4.69) is 5.32 Å². The van der Waals surface area contributed by atoms with Gasteiger partial charge in [0.15, 0.2) is 0 Å². The van der Waals surface area contributed by atoms with Gasteiger partial charge >= 0.3 is 0 Å². The Bertz CT molecular complexity index is 932. The van der Waals surface area contributed by atoms with Gasteiger partial charge in [0, 0.05) is 23.7 Å². The number of carbonyl (C=O) groups is 1. The number of nitrogens with zero attached hydrogens (tertiary/aromatic N) is 1. The molecule has 1 amide bonds. The van der Waals surface area contributed by atoms with Crippen molar-refractivity contribution in [1.29, 1.82) is 0 Å². The molecular weight excluding hydrogens is 395 g/mol. The topological polar surface area (TPSA) is 66.5 Å². The number of sulfonamides is 1. The third-order valence-corrected chi connectivity index (χ3v) is 6.77. The standard InChI is InChI=1S/C18H18Cl2N2O3S/c19-15-6-2-1-5-14(15)12-21-18(23)13-7-8-16(20)17(11-13)22-9-3-4-10-26(22,24)25/h1-2,5-8,11H,3-4,9-10,12H2,(H,21,23). The predicted molar refractivity (Wildman–Crippen MR) is 104 cm³/mol. The van der Waals surface area contributed by atoms with Crippen LogP contribution in [0.25, 0.3) is 0 Å². The summed E-state index contributed by atoms with van der Waals surface area (Å²) >= 11 is 12.3. The molecule has 0 radical (unpaired) electrons. The summed E-state index contributed by atoms with van der Waals surface area (Å²) in [4.78, 5) is 12.5. The maximum absolute atomic E-state index is 12.5. The monoisotopic (exact) mass is 412 g/mol. The molecule has 138 valence electrons. The van der Waals surface area contributed by atoms with E-state index in [1.54, 1.807) is 18.2 Å². The number of anilines is 1. The average molecular weight is 413 g/mol. The fraction of sp³-hybridized carbons (Fsp3) is 0.278. The van der Waals surface area contributed by atoms with Crippen LogP contribution in [0.5, 0.6) is 0 Å². The summed E-state index contributed by atoms with van der Waals surface area (Å²) in [5.74, 6) is -0.232. The van der Waals surface area contributed by atoms with Crippen LogP contribution in [0.15, 0.2) is 42.5 Å². The van der Waals surface area contributed by atoms with Crippen LogP contribution in [0.4, 0.5) is 5.69 Å². The first-order chi connectivity index (χ1) is 12.4. The molecular formula is C18H18Cl2N2O3S. The molecule has 5 nitrogen and oxygen atoms in total. The van der Waals surface area contributed by atoms with Crippen molar-refractivity contribution in [3.63, 3.8) is 0 Å². The molecule has 26 heavy (non-hydrogen) atoms. The number of hydrogen-bond acceptors (Lipinski definition) is 3. The lowest BCUT2D eigenvalue weighted by atomic mass is 10.1. The number of amides is 1.